The Hall–Kier alpha value is -4.16. The zero-order valence-corrected chi connectivity index (χ0v) is 22.7. The van der Waals surface area contributed by atoms with Gasteiger partial charge in [-0.2, -0.15) is 0 Å². The van der Waals surface area contributed by atoms with Crippen molar-refractivity contribution in [2.45, 2.75) is 19.8 Å². The summed E-state index contributed by atoms with van der Waals surface area (Å²) in [5.74, 6) is 2.16. The van der Waals surface area contributed by atoms with Crippen molar-refractivity contribution >= 4 is 5.57 Å². The molecule has 0 heteroatoms. The molecule has 0 radical (unpaired) electrons. The lowest BCUT2D eigenvalue weighted by molar-refractivity contribution is 0.596. The minimum atomic E-state index is 0.273. The molecule has 0 heterocycles. The first-order valence-electron chi connectivity index (χ1n) is 15.0. The third-order valence-corrected chi connectivity index (χ3v) is 10.9. The molecule has 2 bridgehead atoms. The van der Waals surface area contributed by atoms with Gasteiger partial charge in [0.05, 0.1) is 0 Å². The van der Waals surface area contributed by atoms with E-state index in [0.717, 1.165) is 0 Å². The predicted molar refractivity (Wildman–Crippen MR) is 164 cm³/mol. The molecule has 0 N–H and O–H groups in total. The second-order valence-corrected chi connectivity index (χ2v) is 12.6. The van der Waals surface area contributed by atoms with Gasteiger partial charge in [-0.15, -0.1) is 0 Å². The summed E-state index contributed by atoms with van der Waals surface area (Å²) in [5, 5.41) is 0. The highest BCUT2D eigenvalue weighted by molar-refractivity contribution is 5.93. The molecular weight excluding hydrogens is 480 g/mol. The van der Waals surface area contributed by atoms with Gasteiger partial charge in [0, 0.05) is 29.6 Å². The smallest absolute Gasteiger partial charge is 0.0293 e. The molecule has 1 saturated carbocycles. The maximum atomic E-state index is 2.64. The van der Waals surface area contributed by atoms with E-state index >= 15 is 0 Å². The monoisotopic (exact) mass is 510 g/mol. The molecule has 0 spiro atoms. The van der Waals surface area contributed by atoms with Crippen LogP contribution in [-0.2, 0) is 0 Å². The Kier molecular flexibility index (Phi) is 4.07. The molecule has 0 saturated heterocycles. The maximum Gasteiger partial charge on any atom is 0.0293 e. The maximum absolute atomic E-state index is 2.64. The van der Waals surface area contributed by atoms with E-state index in [1.54, 1.807) is 22.3 Å². The lowest BCUT2D eigenvalue weighted by Gasteiger charge is -2.41. The normalized spacial score (nSPS) is 33.1. The van der Waals surface area contributed by atoms with Crippen molar-refractivity contribution < 1.29 is 0 Å². The van der Waals surface area contributed by atoms with Crippen LogP contribution in [0.15, 0.2) is 176 Å². The van der Waals surface area contributed by atoms with Gasteiger partial charge >= 0.3 is 0 Å². The summed E-state index contributed by atoms with van der Waals surface area (Å²) >= 11 is 0. The SMILES string of the molecule is CC1=C2C=C3C(=CC2C(c2ccccc2)=C2C4=CC(=C12)C1C2=C(C=CC41)CCC=C2)C1=CC=CC2C=CC=C3C12. The zero-order valence-electron chi connectivity index (χ0n) is 22.7. The summed E-state index contributed by atoms with van der Waals surface area (Å²) in [6, 6.07) is 11.3. The third kappa shape index (κ3) is 2.54. The number of fused-ring (bicyclic) bond motifs is 11. The molecular formula is C40H30. The fraction of sp³-hybridized carbons (Fsp3) is 0.200. The van der Waals surface area contributed by atoms with Crippen LogP contribution in [0.25, 0.3) is 5.57 Å². The van der Waals surface area contributed by atoms with E-state index in [0.29, 0.717) is 23.7 Å². The number of hydrogen-bond acceptors (Lipinski definition) is 0. The topological polar surface area (TPSA) is 0 Å². The average molecular weight is 511 g/mol. The molecule has 5 unspecified atom stereocenters. The van der Waals surface area contributed by atoms with Crippen LogP contribution in [0.3, 0.4) is 0 Å². The lowest BCUT2D eigenvalue weighted by Crippen LogP contribution is -2.27. The number of hydrogen-bond donors (Lipinski definition) is 0. The number of benzene rings is 1. The molecule has 0 nitrogen and oxygen atoms in total. The lowest BCUT2D eigenvalue weighted by atomic mass is 9.62. The van der Waals surface area contributed by atoms with E-state index in [1.807, 2.05) is 0 Å². The van der Waals surface area contributed by atoms with E-state index in [9.17, 15) is 0 Å². The van der Waals surface area contributed by atoms with Crippen LogP contribution < -0.4 is 0 Å². The molecule has 1 aromatic rings. The quantitative estimate of drug-likeness (QED) is 0.353. The fourth-order valence-electron chi connectivity index (χ4n) is 9.30. The van der Waals surface area contributed by atoms with Crippen molar-refractivity contribution in [2.75, 3.05) is 0 Å². The first-order valence-corrected chi connectivity index (χ1v) is 15.0. The number of rotatable bonds is 1. The Morgan fingerprint density at radius 3 is 2.40 bits per heavy atom. The second kappa shape index (κ2) is 7.52. The molecule has 190 valence electrons. The Morgan fingerprint density at radius 1 is 0.725 bits per heavy atom. The summed E-state index contributed by atoms with van der Waals surface area (Å²) in [7, 11) is 0. The van der Waals surface area contributed by atoms with Gasteiger partial charge in [0.1, 0.15) is 0 Å². The molecule has 0 aliphatic heterocycles. The van der Waals surface area contributed by atoms with Crippen LogP contribution in [0, 0.1) is 29.6 Å². The molecule has 40 heavy (non-hydrogen) atoms. The highest BCUT2D eigenvalue weighted by Crippen LogP contribution is 2.64. The molecule has 10 rings (SSSR count). The number of allylic oxidation sites excluding steroid dienone is 26. The summed E-state index contributed by atoms with van der Waals surface area (Å²) in [5.41, 5.74) is 21.1. The molecule has 1 fully saturated rings. The molecule has 5 atom stereocenters. The highest BCUT2D eigenvalue weighted by Gasteiger charge is 2.50. The van der Waals surface area contributed by atoms with E-state index in [1.165, 1.54) is 68.6 Å². The van der Waals surface area contributed by atoms with Gasteiger partial charge in [-0.25, -0.2) is 0 Å². The first kappa shape index (κ1) is 21.6. The molecule has 9 aliphatic carbocycles. The van der Waals surface area contributed by atoms with Crippen molar-refractivity contribution in [1.29, 1.82) is 0 Å². The van der Waals surface area contributed by atoms with Gasteiger partial charge in [-0.1, -0.05) is 103 Å². The van der Waals surface area contributed by atoms with Crippen molar-refractivity contribution in [2.24, 2.45) is 29.6 Å². The highest BCUT2D eigenvalue weighted by atomic mass is 14.5. The minimum absolute atomic E-state index is 0.273. The third-order valence-electron chi connectivity index (χ3n) is 10.9. The molecule has 0 aromatic heterocycles. The minimum Gasteiger partial charge on any atom is -0.0839 e. The molecule has 9 aliphatic rings. The van der Waals surface area contributed by atoms with Crippen molar-refractivity contribution in [3.8, 4) is 0 Å². The van der Waals surface area contributed by atoms with Gasteiger partial charge in [0.25, 0.3) is 0 Å². The van der Waals surface area contributed by atoms with Crippen LogP contribution in [0.5, 0.6) is 0 Å². The van der Waals surface area contributed by atoms with Crippen LogP contribution in [0.4, 0.5) is 0 Å². The Balaban J connectivity index is 1.25. The average Bonchev–Trinajstić information content (AvgIpc) is 3.68. The second-order valence-electron chi connectivity index (χ2n) is 12.6. The van der Waals surface area contributed by atoms with Gasteiger partial charge < -0.3 is 0 Å². The fourth-order valence-corrected chi connectivity index (χ4v) is 9.30. The van der Waals surface area contributed by atoms with E-state index in [2.05, 4.69) is 116 Å². The largest absolute Gasteiger partial charge is 0.0839 e. The van der Waals surface area contributed by atoms with Crippen molar-refractivity contribution in [3.05, 3.63) is 182 Å². The van der Waals surface area contributed by atoms with Crippen LogP contribution in [0.2, 0.25) is 0 Å². The van der Waals surface area contributed by atoms with Gasteiger partial charge in [0.15, 0.2) is 0 Å². The van der Waals surface area contributed by atoms with Crippen LogP contribution in [-0.4, -0.2) is 0 Å². The Bertz CT molecular complexity index is 1890. The van der Waals surface area contributed by atoms with Crippen molar-refractivity contribution in [1.82, 2.24) is 0 Å². The van der Waals surface area contributed by atoms with E-state index in [4.69, 9.17) is 0 Å². The zero-order chi connectivity index (χ0) is 26.1. The summed E-state index contributed by atoms with van der Waals surface area (Å²) in [6.45, 7) is 2.41. The molecule has 0 amide bonds. The van der Waals surface area contributed by atoms with Crippen LogP contribution in [0.1, 0.15) is 25.3 Å². The predicted octanol–water partition coefficient (Wildman–Crippen LogP) is 9.19. The van der Waals surface area contributed by atoms with Gasteiger partial charge in [0.2, 0.25) is 0 Å². The van der Waals surface area contributed by atoms with Gasteiger partial charge in [-0.3, -0.25) is 0 Å². The summed E-state index contributed by atoms with van der Waals surface area (Å²) < 4.78 is 0. The summed E-state index contributed by atoms with van der Waals surface area (Å²) in [6.07, 6.45) is 34.0. The van der Waals surface area contributed by atoms with E-state index in [-0.39, 0.29) is 5.92 Å². The molecule has 1 aromatic carbocycles. The Morgan fingerprint density at radius 2 is 1.55 bits per heavy atom. The first-order chi connectivity index (χ1) is 19.8. The standard InChI is InChI=1S/C40H30/c1-22-30-19-31-27-15-7-12-24-13-8-16-28(37(24)27)32(31)20-34(30)38(25-10-3-2-4-11-25)40-33-21-35(36(22)40)39-26-14-6-5-9-23(26)17-18-29(33)39/h2-4,6-8,10-21,24,29,34,37,39H,5,9H2,1H3. The Labute approximate surface area is 236 Å². The van der Waals surface area contributed by atoms with Crippen LogP contribution >= 0.6 is 0 Å². The van der Waals surface area contributed by atoms with Gasteiger partial charge in [-0.05, 0) is 104 Å². The summed E-state index contributed by atoms with van der Waals surface area (Å²) in [4.78, 5) is 0. The van der Waals surface area contributed by atoms with Crippen molar-refractivity contribution in [3.63, 3.8) is 0 Å². The van der Waals surface area contributed by atoms with E-state index < -0.39 is 0 Å².